The van der Waals surface area contributed by atoms with Gasteiger partial charge in [-0.05, 0) is 36.2 Å². The molecule has 0 atom stereocenters. The first-order valence-electron chi connectivity index (χ1n) is 8.78. The fourth-order valence-corrected chi connectivity index (χ4v) is 4.78. The number of carbonyl (C=O) groups excluding carboxylic acids is 2. The number of carbonyl (C=O) groups is 2. The van der Waals surface area contributed by atoms with E-state index >= 15 is 0 Å². The van der Waals surface area contributed by atoms with E-state index in [0.29, 0.717) is 18.0 Å². The van der Waals surface area contributed by atoms with Gasteiger partial charge in [0.2, 0.25) is 12.7 Å². The Kier molecular flexibility index (Phi) is 4.68. The highest BCUT2D eigenvalue weighted by atomic mass is 32.2. The number of benzene rings is 2. The third-order valence-corrected chi connectivity index (χ3v) is 6.44. The second-order valence-corrected chi connectivity index (χ2v) is 8.28. The molecule has 1 N–H and O–H groups in total. The van der Waals surface area contributed by atoms with Crippen LogP contribution in [0.25, 0.3) is 0 Å². The largest absolute Gasteiger partial charge is 0.454 e. The fourth-order valence-electron chi connectivity index (χ4n) is 3.18. The van der Waals surface area contributed by atoms with Crippen molar-refractivity contribution in [3.05, 3.63) is 53.6 Å². The van der Waals surface area contributed by atoms with Crippen LogP contribution in [-0.2, 0) is 21.4 Å². The smallest absolute Gasteiger partial charge is 0.269 e. The van der Waals surface area contributed by atoms with Crippen molar-refractivity contribution in [2.24, 2.45) is 0 Å². The van der Waals surface area contributed by atoms with E-state index in [0.717, 1.165) is 9.87 Å². The summed E-state index contributed by atoms with van der Waals surface area (Å²) in [5.74, 6) is 0.548. The highest BCUT2D eigenvalue weighted by Gasteiger charge is 2.40. The van der Waals surface area contributed by atoms with Gasteiger partial charge in [0.15, 0.2) is 11.5 Å². The monoisotopic (exact) mass is 402 g/mol. The first-order chi connectivity index (χ1) is 13.5. The van der Waals surface area contributed by atoms with Gasteiger partial charge in [0.25, 0.3) is 15.9 Å². The number of hydrogen-bond donors (Lipinski definition) is 1. The molecule has 0 radical (unpaired) electrons. The summed E-state index contributed by atoms with van der Waals surface area (Å²) < 4.78 is 36.3. The molecule has 9 heteroatoms. The summed E-state index contributed by atoms with van der Waals surface area (Å²) in [6.45, 7) is 0.474. The van der Waals surface area contributed by atoms with E-state index in [4.69, 9.17) is 9.47 Å². The van der Waals surface area contributed by atoms with Crippen molar-refractivity contribution in [3.8, 4) is 11.5 Å². The lowest BCUT2D eigenvalue weighted by Crippen LogP contribution is -2.32. The molecule has 0 fully saturated rings. The molecular formula is C19H18N2O6S. The van der Waals surface area contributed by atoms with Crippen molar-refractivity contribution in [2.45, 2.75) is 24.3 Å². The second-order valence-electron chi connectivity index (χ2n) is 6.45. The molecule has 0 spiro atoms. The van der Waals surface area contributed by atoms with Crippen LogP contribution in [0.5, 0.6) is 11.5 Å². The van der Waals surface area contributed by atoms with E-state index in [9.17, 15) is 18.0 Å². The first kappa shape index (κ1) is 18.3. The summed E-state index contributed by atoms with van der Waals surface area (Å²) in [5.41, 5.74) is 1.04. The van der Waals surface area contributed by atoms with Gasteiger partial charge in [0.05, 0.1) is 5.56 Å². The second kappa shape index (κ2) is 7.16. The lowest BCUT2D eigenvalue weighted by atomic mass is 10.2. The zero-order valence-corrected chi connectivity index (χ0v) is 15.7. The molecule has 8 nitrogen and oxygen atoms in total. The van der Waals surface area contributed by atoms with Crippen LogP contribution in [0, 0.1) is 0 Å². The third kappa shape index (κ3) is 3.29. The van der Waals surface area contributed by atoms with Gasteiger partial charge in [-0.25, -0.2) is 12.7 Å². The molecule has 2 amide bonds. The number of fused-ring (bicyclic) bond motifs is 2. The summed E-state index contributed by atoms with van der Waals surface area (Å²) in [5, 5.41) is 2.78. The van der Waals surface area contributed by atoms with Crippen LogP contribution in [0.2, 0.25) is 0 Å². The summed E-state index contributed by atoms with van der Waals surface area (Å²) in [6, 6.07) is 11.5. The SMILES string of the molecule is O=C(CCCN1C(=O)c2ccccc2S1(=O)=O)NCc1ccc2c(c1)OCO2. The minimum absolute atomic E-state index is 0.0206. The molecule has 146 valence electrons. The van der Waals surface area contributed by atoms with Gasteiger partial charge in [-0.1, -0.05) is 18.2 Å². The maximum absolute atomic E-state index is 12.5. The van der Waals surface area contributed by atoms with Crippen molar-refractivity contribution in [2.75, 3.05) is 13.3 Å². The van der Waals surface area contributed by atoms with Gasteiger partial charge in [-0.15, -0.1) is 0 Å². The zero-order valence-electron chi connectivity index (χ0n) is 14.9. The molecule has 2 aliphatic rings. The van der Waals surface area contributed by atoms with Crippen molar-refractivity contribution < 1.29 is 27.5 Å². The minimum atomic E-state index is -3.83. The van der Waals surface area contributed by atoms with Gasteiger partial charge in [-0.2, -0.15) is 0 Å². The summed E-state index contributed by atoms with van der Waals surface area (Å²) in [6.07, 6.45) is 0.353. The lowest BCUT2D eigenvalue weighted by Gasteiger charge is -2.14. The van der Waals surface area contributed by atoms with Gasteiger partial charge in [-0.3, -0.25) is 9.59 Å². The standard InChI is InChI=1S/C19H18N2O6S/c22-18(20-11-13-7-8-15-16(10-13)27-12-26-15)6-3-9-21-19(23)14-4-1-2-5-17(14)28(21,24)25/h1-2,4-5,7-8,10H,3,6,9,11-12H2,(H,20,22). The first-order valence-corrected chi connectivity index (χ1v) is 10.2. The molecule has 2 heterocycles. The van der Waals surface area contributed by atoms with Crippen LogP contribution in [-0.4, -0.2) is 37.9 Å². The average molecular weight is 402 g/mol. The number of nitrogens with zero attached hydrogens (tertiary/aromatic N) is 1. The Morgan fingerprint density at radius 1 is 1.11 bits per heavy atom. The molecule has 2 aliphatic heterocycles. The van der Waals surface area contributed by atoms with Gasteiger partial charge in [0, 0.05) is 19.5 Å². The molecule has 0 unspecified atom stereocenters. The Labute approximate surface area is 162 Å². The normalized spacial score (nSPS) is 16.1. The predicted octanol–water partition coefficient (Wildman–Crippen LogP) is 1.66. The van der Waals surface area contributed by atoms with Crippen LogP contribution in [0.1, 0.15) is 28.8 Å². The molecule has 0 bridgehead atoms. The lowest BCUT2D eigenvalue weighted by molar-refractivity contribution is -0.121. The van der Waals surface area contributed by atoms with E-state index in [-0.39, 0.29) is 42.5 Å². The van der Waals surface area contributed by atoms with Gasteiger partial charge < -0.3 is 14.8 Å². The molecule has 4 rings (SSSR count). The Bertz CT molecular complexity index is 1050. The van der Waals surface area contributed by atoms with Crippen LogP contribution in [0.3, 0.4) is 0 Å². The Hall–Kier alpha value is -3.07. The summed E-state index contributed by atoms with van der Waals surface area (Å²) in [7, 11) is -3.83. The molecule has 2 aromatic rings. The quantitative estimate of drug-likeness (QED) is 0.788. The van der Waals surface area contributed by atoms with Gasteiger partial charge >= 0.3 is 0 Å². The molecular weight excluding hydrogens is 384 g/mol. The van der Waals surface area contributed by atoms with Crippen molar-refractivity contribution in [1.29, 1.82) is 0 Å². The van der Waals surface area contributed by atoms with Crippen LogP contribution >= 0.6 is 0 Å². The molecule has 0 aliphatic carbocycles. The molecule has 28 heavy (non-hydrogen) atoms. The topological polar surface area (TPSA) is 102 Å². The van der Waals surface area contributed by atoms with Crippen LogP contribution < -0.4 is 14.8 Å². The Morgan fingerprint density at radius 2 is 1.89 bits per heavy atom. The number of hydrogen-bond acceptors (Lipinski definition) is 6. The van der Waals surface area contributed by atoms with E-state index in [1.165, 1.54) is 12.1 Å². The number of amides is 2. The average Bonchev–Trinajstić information content (AvgIpc) is 3.23. The maximum Gasteiger partial charge on any atom is 0.269 e. The van der Waals surface area contributed by atoms with E-state index in [1.54, 1.807) is 24.3 Å². The number of nitrogens with one attached hydrogen (secondary N) is 1. The fraction of sp³-hybridized carbons (Fsp3) is 0.263. The van der Waals surface area contributed by atoms with Crippen LogP contribution in [0.4, 0.5) is 0 Å². The molecule has 0 aromatic heterocycles. The highest BCUT2D eigenvalue weighted by Crippen LogP contribution is 2.32. The molecule has 0 saturated heterocycles. The molecule has 2 aromatic carbocycles. The number of ether oxygens (including phenoxy) is 2. The summed E-state index contributed by atoms with van der Waals surface area (Å²) in [4.78, 5) is 24.4. The Morgan fingerprint density at radius 3 is 2.71 bits per heavy atom. The predicted molar refractivity (Wildman–Crippen MR) is 98.3 cm³/mol. The minimum Gasteiger partial charge on any atom is -0.454 e. The zero-order chi connectivity index (χ0) is 19.7. The van der Waals surface area contributed by atoms with E-state index < -0.39 is 15.9 Å². The number of rotatable bonds is 6. The summed E-state index contributed by atoms with van der Waals surface area (Å²) >= 11 is 0. The van der Waals surface area contributed by atoms with Crippen LogP contribution in [0.15, 0.2) is 47.4 Å². The maximum atomic E-state index is 12.5. The Balaban J connectivity index is 1.28. The van der Waals surface area contributed by atoms with E-state index in [1.807, 2.05) is 6.07 Å². The molecule has 0 saturated carbocycles. The van der Waals surface area contributed by atoms with Gasteiger partial charge in [0.1, 0.15) is 4.90 Å². The third-order valence-electron chi connectivity index (χ3n) is 4.60. The number of sulfonamides is 1. The highest BCUT2D eigenvalue weighted by molar-refractivity contribution is 7.90. The van der Waals surface area contributed by atoms with Crippen molar-refractivity contribution in [3.63, 3.8) is 0 Å². The van der Waals surface area contributed by atoms with Crippen molar-refractivity contribution in [1.82, 2.24) is 9.62 Å². The van der Waals surface area contributed by atoms with E-state index in [2.05, 4.69) is 5.32 Å². The van der Waals surface area contributed by atoms with Crippen molar-refractivity contribution >= 4 is 21.8 Å².